The topological polar surface area (TPSA) is 48.7 Å². The summed E-state index contributed by atoms with van der Waals surface area (Å²) in [5.74, 6) is 1.09. The summed E-state index contributed by atoms with van der Waals surface area (Å²) in [7, 11) is 1.36. The Morgan fingerprint density at radius 3 is 2.88 bits per heavy atom. The normalized spacial score (nSPS) is 11.9. The fourth-order valence-electron chi connectivity index (χ4n) is 1.42. The van der Waals surface area contributed by atoms with Crippen molar-refractivity contribution >= 4 is 5.97 Å². The van der Waals surface area contributed by atoms with Gasteiger partial charge in [0.05, 0.1) is 38.1 Å². The maximum atomic E-state index is 11.1. The van der Waals surface area contributed by atoms with E-state index >= 15 is 0 Å². The number of furan rings is 1. The third-order valence-electron chi connectivity index (χ3n) is 2.49. The Labute approximate surface area is 101 Å². The van der Waals surface area contributed by atoms with Gasteiger partial charge in [-0.2, -0.15) is 0 Å². The number of esters is 1. The molecule has 4 heteroatoms. The van der Waals surface area contributed by atoms with E-state index in [0.29, 0.717) is 12.4 Å². The SMILES string of the molecule is C=C(OCC)C(C)c1cc(CC(=O)OC)co1. The zero-order chi connectivity index (χ0) is 12.8. The van der Waals surface area contributed by atoms with E-state index in [0.717, 1.165) is 11.3 Å². The van der Waals surface area contributed by atoms with E-state index in [9.17, 15) is 4.79 Å². The summed E-state index contributed by atoms with van der Waals surface area (Å²) in [4.78, 5) is 11.1. The van der Waals surface area contributed by atoms with Gasteiger partial charge in [0.15, 0.2) is 0 Å². The molecule has 0 N–H and O–H groups in total. The third-order valence-corrected chi connectivity index (χ3v) is 2.49. The number of hydrogen-bond acceptors (Lipinski definition) is 4. The summed E-state index contributed by atoms with van der Waals surface area (Å²) in [6, 6.07) is 1.83. The highest BCUT2D eigenvalue weighted by molar-refractivity contribution is 5.72. The van der Waals surface area contributed by atoms with Crippen LogP contribution in [0.4, 0.5) is 0 Å². The summed E-state index contributed by atoms with van der Waals surface area (Å²) in [5, 5.41) is 0. The number of methoxy groups -OCH3 is 1. The van der Waals surface area contributed by atoms with Crippen molar-refractivity contribution in [1.82, 2.24) is 0 Å². The Kier molecular flexibility index (Phi) is 4.82. The molecule has 0 aliphatic carbocycles. The lowest BCUT2D eigenvalue weighted by molar-refractivity contribution is -0.139. The maximum Gasteiger partial charge on any atom is 0.310 e. The van der Waals surface area contributed by atoms with Crippen molar-refractivity contribution < 1.29 is 18.7 Å². The van der Waals surface area contributed by atoms with E-state index in [2.05, 4.69) is 11.3 Å². The molecule has 0 saturated carbocycles. The van der Waals surface area contributed by atoms with Gasteiger partial charge in [-0.05, 0) is 19.9 Å². The lowest BCUT2D eigenvalue weighted by Crippen LogP contribution is -2.03. The second kappa shape index (κ2) is 6.13. The molecule has 1 heterocycles. The molecule has 94 valence electrons. The van der Waals surface area contributed by atoms with Gasteiger partial charge in [0.2, 0.25) is 0 Å². The molecule has 17 heavy (non-hydrogen) atoms. The van der Waals surface area contributed by atoms with E-state index in [1.54, 1.807) is 6.26 Å². The first-order valence-electron chi connectivity index (χ1n) is 5.54. The molecular formula is C13H18O4. The van der Waals surface area contributed by atoms with Gasteiger partial charge in [-0.15, -0.1) is 0 Å². The minimum Gasteiger partial charge on any atom is -0.498 e. The van der Waals surface area contributed by atoms with Gasteiger partial charge in [0.25, 0.3) is 0 Å². The lowest BCUT2D eigenvalue weighted by Gasteiger charge is -2.12. The van der Waals surface area contributed by atoms with Crippen LogP contribution in [0.2, 0.25) is 0 Å². The predicted octanol–water partition coefficient (Wildman–Crippen LogP) is 2.65. The summed E-state index contributed by atoms with van der Waals surface area (Å²) < 4.78 is 15.3. The molecule has 4 nitrogen and oxygen atoms in total. The highest BCUT2D eigenvalue weighted by Crippen LogP contribution is 2.25. The Morgan fingerprint density at radius 2 is 2.29 bits per heavy atom. The Balaban J connectivity index is 2.67. The van der Waals surface area contributed by atoms with Crippen LogP contribution in [-0.4, -0.2) is 19.7 Å². The highest BCUT2D eigenvalue weighted by atomic mass is 16.5. The van der Waals surface area contributed by atoms with Gasteiger partial charge in [-0.1, -0.05) is 6.58 Å². The number of carbonyl (C=O) groups excluding carboxylic acids is 1. The van der Waals surface area contributed by atoms with Gasteiger partial charge in [-0.25, -0.2) is 0 Å². The first-order chi connectivity index (χ1) is 8.08. The molecule has 0 radical (unpaired) electrons. The van der Waals surface area contributed by atoms with Gasteiger partial charge in [-0.3, -0.25) is 4.79 Å². The molecule has 1 aromatic rings. The average Bonchev–Trinajstić information content (AvgIpc) is 2.76. The zero-order valence-electron chi connectivity index (χ0n) is 10.5. The van der Waals surface area contributed by atoms with Crippen molar-refractivity contribution in [3.8, 4) is 0 Å². The molecule has 0 saturated heterocycles. The van der Waals surface area contributed by atoms with Crippen LogP contribution in [0.25, 0.3) is 0 Å². The Hall–Kier alpha value is -1.71. The first-order valence-corrected chi connectivity index (χ1v) is 5.54. The van der Waals surface area contributed by atoms with Crippen LogP contribution in [0.3, 0.4) is 0 Å². The van der Waals surface area contributed by atoms with Crippen molar-refractivity contribution in [2.24, 2.45) is 0 Å². The molecule has 0 spiro atoms. The quantitative estimate of drug-likeness (QED) is 0.564. The minimum atomic E-state index is -0.284. The molecule has 0 bridgehead atoms. The standard InChI is InChI=1S/C13H18O4/c1-5-16-10(3)9(2)12-6-11(8-17-12)7-13(14)15-4/h6,8-9H,3,5,7H2,1-2,4H3. The van der Waals surface area contributed by atoms with E-state index in [-0.39, 0.29) is 18.3 Å². The van der Waals surface area contributed by atoms with Gasteiger partial charge < -0.3 is 13.9 Å². The molecule has 1 rings (SSSR count). The zero-order valence-corrected chi connectivity index (χ0v) is 10.5. The summed E-state index contributed by atoms with van der Waals surface area (Å²) >= 11 is 0. The Bertz CT molecular complexity index is 392. The summed E-state index contributed by atoms with van der Waals surface area (Å²) in [5.41, 5.74) is 0.794. The van der Waals surface area contributed by atoms with E-state index in [1.807, 2.05) is 19.9 Å². The van der Waals surface area contributed by atoms with Crippen LogP contribution >= 0.6 is 0 Å². The second-order valence-electron chi connectivity index (χ2n) is 3.73. The van der Waals surface area contributed by atoms with Crippen LogP contribution in [0, 0.1) is 0 Å². The molecule has 1 aromatic heterocycles. The van der Waals surface area contributed by atoms with Crippen molar-refractivity contribution in [2.75, 3.05) is 13.7 Å². The molecule has 0 fully saturated rings. The molecule has 0 aromatic carbocycles. The smallest absolute Gasteiger partial charge is 0.310 e. The molecule has 1 unspecified atom stereocenters. The highest BCUT2D eigenvalue weighted by Gasteiger charge is 2.16. The summed E-state index contributed by atoms with van der Waals surface area (Å²) in [6.07, 6.45) is 1.77. The lowest BCUT2D eigenvalue weighted by atomic mass is 10.1. The largest absolute Gasteiger partial charge is 0.498 e. The molecule has 0 amide bonds. The van der Waals surface area contributed by atoms with Gasteiger partial charge in [0.1, 0.15) is 5.76 Å². The van der Waals surface area contributed by atoms with Crippen LogP contribution in [0.1, 0.15) is 31.1 Å². The van der Waals surface area contributed by atoms with E-state index in [1.165, 1.54) is 7.11 Å². The van der Waals surface area contributed by atoms with Crippen molar-refractivity contribution in [3.63, 3.8) is 0 Å². The number of ether oxygens (including phenoxy) is 2. The minimum absolute atomic E-state index is 0.0265. The van der Waals surface area contributed by atoms with Gasteiger partial charge in [0, 0.05) is 5.56 Å². The maximum absolute atomic E-state index is 11.1. The van der Waals surface area contributed by atoms with Crippen LogP contribution in [0.5, 0.6) is 0 Å². The molecule has 1 atom stereocenters. The molecule has 0 aliphatic heterocycles. The number of hydrogen-bond donors (Lipinski definition) is 0. The number of allylic oxidation sites excluding steroid dienone is 1. The van der Waals surface area contributed by atoms with Crippen LogP contribution in [0.15, 0.2) is 29.1 Å². The van der Waals surface area contributed by atoms with E-state index < -0.39 is 0 Å². The van der Waals surface area contributed by atoms with Crippen LogP contribution in [-0.2, 0) is 20.7 Å². The number of carbonyl (C=O) groups is 1. The van der Waals surface area contributed by atoms with Crippen molar-refractivity contribution in [2.45, 2.75) is 26.2 Å². The summed E-state index contributed by atoms with van der Waals surface area (Å²) in [6.45, 7) is 8.26. The predicted molar refractivity (Wildman–Crippen MR) is 63.6 cm³/mol. The van der Waals surface area contributed by atoms with E-state index in [4.69, 9.17) is 9.15 Å². The van der Waals surface area contributed by atoms with Gasteiger partial charge >= 0.3 is 5.97 Å². The third kappa shape index (κ3) is 3.66. The molecular weight excluding hydrogens is 220 g/mol. The fraction of sp³-hybridized carbons (Fsp3) is 0.462. The monoisotopic (exact) mass is 238 g/mol. The van der Waals surface area contributed by atoms with Crippen LogP contribution < -0.4 is 0 Å². The first kappa shape index (κ1) is 13.4. The second-order valence-corrected chi connectivity index (χ2v) is 3.73. The molecule has 0 aliphatic rings. The fourth-order valence-corrected chi connectivity index (χ4v) is 1.42. The van der Waals surface area contributed by atoms with Crippen molar-refractivity contribution in [3.05, 3.63) is 36.0 Å². The average molecular weight is 238 g/mol. The van der Waals surface area contributed by atoms with Crippen molar-refractivity contribution in [1.29, 1.82) is 0 Å². The Morgan fingerprint density at radius 1 is 1.59 bits per heavy atom. The number of rotatable bonds is 6.